The van der Waals surface area contributed by atoms with Gasteiger partial charge in [0, 0.05) is 0 Å². The third kappa shape index (κ3) is 5.07. The molecular weight excluding hydrogens is 380 g/mol. The molecule has 0 aliphatic carbocycles. The van der Waals surface area contributed by atoms with Crippen LogP contribution in [0.25, 0.3) is 4.83 Å². The van der Waals surface area contributed by atoms with Crippen molar-refractivity contribution in [3.8, 4) is 0 Å². The monoisotopic (exact) mass is 388 g/mol. The number of rotatable bonds is 5. The molecule has 0 N–H and O–H groups in total. The van der Waals surface area contributed by atoms with Crippen LogP contribution in [0.2, 0.25) is 0 Å². The second kappa shape index (κ2) is 7.58. The van der Waals surface area contributed by atoms with E-state index in [1.807, 2.05) is 0 Å². The zero-order valence-electron chi connectivity index (χ0n) is 12.2. The summed E-state index contributed by atoms with van der Waals surface area (Å²) in [4.78, 5) is 1.90. The minimum atomic E-state index is -6.54. The first-order valence-electron chi connectivity index (χ1n) is 5.61. The zero-order chi connectivity index (χ0) is 18.1. The smallest absolute Gasteiger partial charge is 0.491 e. The summed E-state index contributed by atoms with van der Waals surface area (Å²) in [5, 5.41) is 2.18. The first kappa shape index (κ1) is 23.1. The van der Waals surface area contributed by atoms with E-state index >= 15 is 0 Å². The summed E-state index contributed by atoms with van der Waals surface area (Å²) in [6.07, 6.45) is -7.70. The SMILES string of the molecule is Cc1ccc(S(=O)(=O)[N-]/N=C/C(F)(F)C(F)(F)C(F)(F)F)cc1.[Na+]. The number of halogens is 7. The fourth-order valence-corrected chi connectivity index (χ4v) is 1.93. The van der Waals surface area contributed by atoms with E-state index < -0.39 is 39.2 Å². The van der Waals surface area contributed by atoms with Gasteiger partial charge < -0.3 is 9.93 Å². The Morgan fingerprint density at radius 2 is 1.46 bits per heavy atom. The van der Waals surface area contributed by atoms with Gasteiger partial charge in [0.25, 0.3) is 0 Å². The van der Waals surface area contributed by atoms with Gasteiger partial charge >= 0.3 is 47.6 Å². The van der Waals surface area contributed by atoms with Gasteiger partial charge in [-0.2, -0.15) is 30.7 Å². The van der Waals surface area contributed by atoms with Gasteiger partial charge in [-0.05, 0) is 19.1 Å². The molecule has 0 atom stereocenters. The molecule has 0 saturated heterocycles. The molecule has 0 radical (unpaired) electrons. The van der Waals surface area contributed by atoms with Crippen molar-refractivity contribution in [3.63, 3.8) is 0 Å². The summed E-state index contributed by atoms with van der Waals surface area (Å²) in [6, 6.07) is 4.73. The number of benzene rings is 1. The van der Waals surface area contributed by atoms with Gasteiger partial charge in [-0.15, -0.1) is 0 Å². The van der Waals surface area contributed by atoms with E-state index in [2.05, 4.69) is 9.93 Å². The Labute approximate surface area is 154 Å². The van der Waals surface area contributed by atoms with E-state index in [1.165, 1.54) is 12.1 Å². The molecule has 0 aliphatic heterocycles. The van der Waals surface area contributed by atoms with Gasteiger partial charge in [0.1, 0.15) is 10.0 Å². The van der Waals surface area contributed by atoms with Crippen LogP contribution in [0.15, 0.2) is 34.3 Å². The van der Waals surface area contributed by atoms with Gasteiger partial charge in [-0.3, -0.25) is 0 Å². The Hall–Kier alpha value is -0.850. The molecule has 0 bridgehead atoms. The summed E-state index contributed by atoms with van der Waals surface area (Å²) in [5.74, 6) is -12.2. The Morgan fingerprint density at radius 3 is 1.88 bits per heavy atom. The number of hydrogen-bond donors (Lipinski definition) is 0. The maximum atomic E-state index is 12.9. The minimum Gasteiger partial charge on any atom is -0.491 e. The fraction of sp³-hybridized carbons (Fsp3) is 0.364. The van der Waals surface area contributed by atoms with Crippen molar-refractivity contribution >= 4 is 16.2 Å². The second-order valence-corrected chi connectivity index (χ2v) is 5.89. The van der Waals surface area contributed by atoms with Crippen molar-refractivity contribution in [2.75, 3.05) is 0 Å². The topological polar surface area (TPSA) is 60.6 Å². The van der Waals surface area contributed by atoms with Gasteiger partial charge in [0.05, 0.1) is 11.1 Å². The Bertz CT molecular complexity index is 687. The van der Waals surface area contributed by atoms with Gasteiger partial charge in [0.2, 0.25) is 0 Å². The molecule has 1 aromatic carbocycles. The number of alkyl halides is 7. The van der Waals surface area contributed by atoms with Crippen LogP contribution in [-0.4, -0.2) is 32.7 Å². The quantitative estimate of drug-likeness (QED) is 0.326. The van der Waals surface area contributed by atoms with Crippen LogP contribution in [0.5, 0.6) is 0 Å². The van der Waals surface area contributed by atoms with Crippen molar-refractivity contribution in [3.05, 3.63) is 34.7 Å². The maximum Gasteiger partial charge on any atom is 1.00 e. The standard InChI is InChI=1S/C11H8F7N2O2S.Na/c1-7-2-4-8(5-3-7)23(21,22)20-19-6-9(12,13)10(14,15)11(16,17)18;/h2-6H,1H3;/q-1;+1/b19-6+;. The molecule has 4 nitrogen and oxygen atoms in total. The predicted octanol–water partition coefficient (Wildman–Crippen LogP) is 0.880. The molecule has 1 rings (SSSR count). The molecule has 130 valence electrons. The Balaban J connectivity index is 0.00000529. The fourth-order valence-electron chi connectivity index (χ4n) is 1.19. The number of sulfonamides is 1. The number of nitrogens with zero attached hydrogens (tertiary/aromatic N) is 2. The number of hydrogen-bond acceptors (Lipinski definition) is 3. The molecule has 0 amide bonds. The van der Waals surface area contributed by atoms with Crippen molar-refractivity contribution in [1.29, 1.82) is 0 Å². The van der Waals surface area contributed by atoms with Crippen molar-refractivity contribution in [1.82, 2.24) is 0 Å². The minimum absolute atomic E-state index is 0. The number of aryl methyl sites for hydroxylation is 1. The van der Waals surface area contributed by atoms with Crippen molar-refractivity contribution in [2.24, 2.45) is 5.10 Å². The van der Waals surface area contributed by atoms with Crippen LogP contribution in [0.1, 0.15) is 5.56 Å². The molecule has 0 fully saturated rings. The predicted molar refractivity (Wildman–Crippen MR) is 66.2 cm³/mol. The van der Waals surface area contributed by atoms with Crippen LogP contribution < -0.4 is 29.6 Å². The maximum absolute atomic E-state index is 12.9. The zero-order valence-corrected chi connectivity index (χ0v) is 15.0. The van der Waals surface area contributed by atoms with E-state index in [9.17, 15) is 39.2 Å². The van der Waals surface area contributed by atoms with E-state index in [0.29, 0.717) is 5.56 Å². The average Bonchev–Trinajstić information content (AvgIpc) is 2.37. The van der Waals surface area contributed by atoms with Crippen LogP contribution in [0, 0.1) is 6.92 Å². The van der Waals surface area contributed by atoms with E-state index in [4.69, 9.17) is 0 Å². The van der Waals surface area contributed by atoms with E-state index in [1.54, 1.807) is 6.92 Å². The molecule has 0 aliphatic rings. The molecule has 13 heteroatoms. The Kier molecular flexibility index (Phi) is 7.31. The molecule has 0 saturated carbocycles. The first-order chi connectivity index (χ1) is 10.2. The molecule has 0 aromatic heterocycles. The van der Waals surface area contributed by atoms with Crippen molar-refractivity contribution < 1.29 is 68.7 Å². The third-order valence-electron chi connectivity index (χ3n) is 2.47. The molecule has 24 heavy (non-hydrogen) atoms. The largest absolute Gasteiger partial charge is 1.00 e. The molecular formula is C11H8F7N2NaO2S. The summed E-state index contributed by atoms with van der Waals surface area (Å²) < 4.78 is 109. The molecule has 0 spiro atoms. The molecule has 0 heterocycles. The normalized spacial score (nSPS) is 13.7. The summed E-state index contributed by atoms with van der Waals surface area (Å²) >= 11 is 0. The average molecular weight is 388 g/mol. The van der Waals surface area contributed by atoms with Crippen molar-refractivity contribution in [2.45, 2.75) is 29.8 Å². The summed E-state index contributed by atoms with van der Waals surface area (Å²) in [5.41, 5.74) is 0.656. The molecule has 1 aromatic rings. The second-order valence-electron chi connectivity index (χ2n) is 4.31. The van der Waals surface area contributed by atoms with Gasteiger partial charge in [-0.25, -0.2) is 8.42 Å². The van der Waals surface area contributed by atoms with Crippen LogP contribution >= 0.6 is 0 Å². The van der Waals surface area contributed by atoms with E-state index in [0.717, 1.165) is 12.1 Å². The van der Waals surface area contributed by atoms with Gasteiger partial charge in [0.15, 0.2) is 0 Å². The third-order valence-corrected chi connectivity index (χ3v) is 3.65. The van der Waals surface area contributed by atoms with Crippen LogP contribution in [-0.2, 0) is 10.0 Å². The van der Waals surface area contributed by atoms with E-state index in [-0.39, 0.29) is 29.6 Å². The van der Waals surface area contributed by atoms with Crippen LogP contribution in [0.3, 0.4) is 0 Å². The van der Waals surface area contributed by atoms with Crippen LogP contribution in [0.4, 0.5) is 30.7 Å². The summed E-state index contributed by atoms with van der Waals surface area (Å²) in [7, 11) is -4.61. The first-order valence-corrected chi connectivity index (χ1v) is 7.05. The Morgan fingerprint density at radius 1 is 1.00 bits per heavy atom. The summed E-state index contributed by atoms with van der Waals surface area (Å²) in [6.45, 7) is 1.62. The molecule has 0 unspecified atom stereocenters. The van der Waals surface area contributed by atoms with Gasteiger partial charge in [-0.1, -0.05) is 17.7 Å².